The number of rotatable bonds is 8. The third-order valence-corrected chi connectivity index (χ3v) is 6.47. The van der Waals surface area contributed by atoms with Crippen molar-refractivity contribution >= 4 is 17.4 Å². The Morgan fingerprint density at radius 1 is 1.05 bits per heavy atom. The fraction of sp³-hybridized carbons (Fsp3) is 0.296. The molecule has 0 spiro atoms. The Labute approximate surface area is 213 Å². The Bertz CT molecular complexity index is 1350. The normalized spacial score (nSPS) is 18.2. The molecule has 192 valence electrons. The number of hydrogen-bond donors (Lipinski definition) is 1. The van der Waals surface area contributed by atoms with Gasteiger partial charge in [-0.3, -0.25) is 9.59 Å². The highest BCUT2D eigenvalue weighted by Gasteiger charge is 2.47. The minimum absolute atomic E-state index is 0.0206. The van der Waals surface area contributed by atoms with E-state index in [0.29, 0.717) is 60.3 Å². The van der Waals surface area contributed by atoms with Crippen LogP contribution in [0.1, 0.15) is 23.6 Å². The number of amides is 1. The van der Waals surface area contributed by atoms with Gasteiger partial charge in [-0.2, -0.15) is 0 Å². The summed E-state index contributed by atoms with van der Waals surface area (Å²) in [6.45, 7) is 1.69. The number of Topliss-reactive ketones (excluding diaryl/α,β-unsaturated/α-hetero) is 1. The van der Waals surface area contributed by atoms with Gasteiger partial charge in [-0.15, -0.1) is 0 Å². The summed E-state index contributed by atoms with van der Waals surface area (Å²) in [7, 11) is 3.04. The highest BCUT2D eigenvalue weighted by molar-refractivity contribution is 6.46. The Morgan fingerprint density at radius 2 is 1.86 bits per heavy atom. The molecule has 37 heavy (non-hydrogen) atoms. The number of aliphatic hydroxyl groups is 1. The number of fused-ring (bicyclic) bond motifs is 1. The van der Waals surface area contributed by atoms with Gasteiger partial charge in [0.1, 0.15) is 30.5 Å². The molecule has 1 atom stereocenters. The second-order valence-corrected chi connectivity index (χ2v) is 8.61. The van der Waals surface area contributed by atoms with Crippen molar-refractivity contribution in [1.82, 2.24) is 14.5 Å². The maximum atomic E-state index is 13.4. The van der Waals surface area contributed by atoms with E-state index < -0.39 is 17.7 Å². The number of ketones is 1. The predicted octanol–water partition coefficient (Wildman–Crippen LogP) is 3.18. The predicted molar refractivity (Wildman–Crippen MR) is 133 cm³/mol. The fourth-order valence-corrected chi connectivity index (χ4v) is 4.67. The van der Waals surface area contributed by atoms with Crippen LogP contribution >= 0.6 is 0 Å². The molecule has 1 unspecified atom stereocenters. The van der Waals surface area contributed by atoms with E-state index in [0.717, 1.165) is 0 Å². The molecule has 10 nitrogen and oxygen atoms in total. The topological polar surface area (TPSA) is 112 Å². The smallest absolute Gasteiger partial charge is 0.295 e. The first-order valence-corrected chi connectivity index (χ1v) is 11.9. The van der Waals surface area contributed by atoms with Crippen molar-refractivity contribution in [1.29, 1.82) is 0 Å². The van der Waals surface area contributed by atoms with Crippen molar-refractivity contribution in [3.05, 3.63) is 71.8 Å². The lowest BCUT2D eigenvalue weighted by Gasteiger charge is -2.27. The second kappa shape index (κ2) is 10.3. The van der Waals surface area contributed by atoms with Crippen molar-refractivity contribution < 1.29 is 33.6 Å². The van der Waals surface area contributed by atoms with Crippen LogP contribution in [0.25, 0.3) is 5.76 Å². The van der Waals surface area contributed by atoms with Gasteiger partial charge in [0.25, 0.3) is 11.7 Å². The zero-order chi connectivity index (χ0) is 25.9. The molecular weight excluding hydrogens is 478 g/mol. The lowest BCUT2D eigenvalue weighted by Crippen LogP contribution is -2.31. The molecule has 5 rings (SSSR count). The summed E-state index contributed by atoms with van der Waals surface area (Å²) < 4.78 is 24.0. The molecule has 0 saturated carbocycles. The number of benzene rings is 2. The SMILES string of the molecule is COc1ccc(C2/C(=C(\O)c3ccc4c(c3)OCCO4)C(=O)C(=O)N2CCCn2ccnc2)c(OC)c1. The summed E-state index contributed by atoms with van der Waals surface area (Å²) >= 11 is 0. The van der Waals surface area contributed by atoms with Crippen molar-refractivity contribution in [2.45, 2.75) is 19.0 Å². The van der Waals surface area contributed by atoms with Crippen LogP contribution < -0.4 is 18.9 Å². The van der Waals surface area contributed by atoms with Crippen molar-refractivity contribution in [2.75, 3.05) is 34.0 Å². The maximum absolute atomic E-state index is 13.4. The number of aromatic nitrogens is 2. The first-order valence-electron chi connectivity index (χ1n) is 11.9. The van der Waals surface area contributed by atoms with Gasteiger partial charge in [-0.05, 0) is 36.8 Å². The van der Waals surface area contributed by atoms with E-state index in [1.165, 1.54) is 12.0 Å². The Hall–Kier alpha value is -4.47. The molecular formula is C27H27N3O7. The standard InChI is InChI=1S/C27H27N3O7/c1-34-18-5-6-19(21(15-18)35-2)24-23(25(31)17-4-7-20-22(14-17)37-13-12-36-20)26(32)27(33)30(24)10-3-9-29-11-8-28-16-29/h4-8,11,14-16,24,31H,3,9-10,12-13H2,1-2H3/b25-23+. The van der Waals surface area contributed by atoms with E-state index in [1.807, 2.05) is 10.8 Å². The van der Waals surface area contributed by atoms with Gasteiger partial charge in [0.15, 0.2) is 11.5 Å². The number of nitrogens with zero attached hydrogens (tertiary/aromatic N) is 3. The number of methoxy groups -OCH3 is 2. The summed E-state index contributed by atoms with van der Waals surface area (Å²) in [6.07, 6.45) is 5.78. The van der Waals surface area contributed by atoms with E-state index >= 15 is 0 Å². The zero-order valence-corrected chi connectivity index (χ0v) is 20.5. The first kappa shape index (κ1) is 24.2. The van der Waals surface area contributed by atoms with Gasteiger partial charge in [-0.1, -0.05) is 0 Å². The summed E-state index contributed by atoms with van der Waals surface area (Å²) in [5.74, 6) is 0.254. The minimum atomic E-state index is -0.864. The summed E-state index contributed by atoms with van der Waals surface area (Å²) in [4.78, 5) is 32.2. The van der Waals surface area contributed by atoms with Crippen molar-refractivity contribution in [3.8, 4) is 23.0 Å². The number of ether oxygens (including phenoxy) is 4. The Balaban J connectivity index is 1.58. The molecule has 1 N–H and O–H groups in total. The average molecular weight is 506 g/mol. The molecule has 1 amide bonds. The van der Waals surface area contributed by atoms with E-state index in [2.05, 4.69) is 4.98 Å². The molecule has 2 aromatic carbocycles. The molecule has 2 aliphatic rings. The highest BCUT2D eigenvalue weighted by atomic mass is 16.6. The zero-order valence-electron chi connectivity index (χ0n) is 20.5. The first-order chi connectivity index (χ1) is 18.0. The van der Waals surface area contributed by atoms with Crippen LogP contribution in [0.4, 0.5) is 0 Å². The van der Waals surface area contributed by atoms with Gasteiger partial charge in [-0.25, -0.2) is 4.98 Å². The molecule has 10 heteroatoms. The number of aliphatic hydroxyl groups excluding tert-OH is 1. The number of carbonyl (C=O) groups is 2. The maximum Gasteiger partial charge on any atom is 0.295 e. The Kier molecular flexibility index (Phi) is 6.72. The van der Waals surface area contributed by atoms with Gasteiger partial charge in [0.2, 0.25) is 0 Å². The van der Waals surface area contributed by atoms with Crippen molar-refractivity contribution in [2.24, 2.45) is 0 Å². The average Bonchev–Trinajstić information content (AvgIpc) is 3.54. The lowest BCUT2D eigenvalue weighted by molar-refractivity contribution is -0.140. The highest BCUT2D eigenvalue weighted by Crippen LogP contribution is 2.44. The Morgan fingerprint density at radius 3 is 2.59 bits per heavy atom. The molecule has 1 fully saturated rings. The van der Waals surface area contributed by atoms with Crippen molar-refractivity contribution in [3.63, 3.8) is 0 Å². The number of carbonyl (C=O) groups excluding carboxylic acids is 2. The lowest BCUT2D eigenvalue weighted by atomic mass is 9.94. The molecule has 0 aliphatic carbocycles. The van der Waals surface area contributed by atoms with E-state index in [9.17, 15) is 14.7 Å². The van der Waals surface area contributed by atoms with E-state index in [1.54, 1.807) is 56.0 Å². The van der Waals surface area contributed by atoms with Crippen LogP contribution in [-0.2, 0) is 16.1 Å². The van der Waals surface area contributed by atoms with Crippen LogP contribution in [0.15, 0.2) is 60.7 Å². The number of hydrogen-bond acceptors (Lipinski definition) is 8. The molecule has 3 heterocycles. The van der Waals surface area contributed by atoms with Gasteiger partial charge < -0.3 is 33.5 Å². The largest absolute Gasteiger partial charge is 0.507 e. The molecule has 2 aliphatic heterocycles. The summed E-state index contributed by atoms with van der Waals surface area (Å²) in [5, 5.41) is 11.4. The van der Waals surface area contributed by atoms with Gasteiger partial charge >= 0.3 is 0 Å². The van der Waals surface area contributed by atoms with Crippen LogP contribution in [0.5, 0.6) is 23.0 Å². The van der Waals surface area contributed by atoms with Crippen LogP contribution in [0.2, 0.25) is 0 Å². The number of aryl methyl sites for hydroxylation is 1. The molecule has 1 saturated heterocycles. The molecule has 3 aromatic rings. The summed E-state index contributed by atoms with van der Waals surface area (Å²) in [6, 6.07) is 9.22. The van der Waals surface area contributed by atoms with Crippen LogP contribution in [-0.4, -0.2) is 65.2 Å². The number of likely N-dealkylation sites (tertiary alicyclic amines) is 1. The summed E-state index contributed by atoms with van der Waals surface area (Å²) in [5.41, 5.74) is 0.884. The molecule has 1 aromatic heterocycles. The van der Waals surface area contributed by atoms with Gasteiger partial charge in [0, 0.05) is 42.7 Å². The quantitative estimate of drug-likeness (QED) is 0.282. The minimum Gasteiger partial charge on any atom is -0.507 e. The second-order valence-electron chi connectivity index (χ2n) is 8.61. The third-order valence-electron chi connectivity index (χ3n) is 6.47. The van der Waals surface area contributed by atoms with Gasteiger partial charge in [0.05, 0.1) is 32.2 Å². The monoisotopic (exact) mass is 505 g/mol. The molecule has 0 bridgehead atoms. The number of imidazole rings is 1. The van der Waals surface area contributed by atoms with E-state index in [4.69, 9.17) is 18.9 Å². The molecule has 0 radical (unpaired) electrons. The third kappa shape index (κ3) is 4.57. The fourth-order valence-electron chi connectivity index (χ4n) is 4.67. The van der Waals surface area contributed by atoms with Crippen LogP contribution in [0.3, 0.4) is 0 Å². The van der Waals surface area contributed by atoms with Crippen LogP contribution in [0, 0.1) is 0 Å². The van der Waals surface area contributed by atoms with E-state index in [-0.39, 0.29) is 17.9 Å².